The number of hydrogen-bond donors (Lipinski definition) is 0. The Hall–Kier alpha value is -3.88. The van der Waals surface area contributed by atoms with Crippen molar-refractivity contribution in [2.24, 2.45) is 17.8 Å². The predicted molar refractivity (Wildman–Crippen MR) is 117 cm³/mol. The zero-order valence-corrected chi connectivity index (χ0v) is 18.0. The van der Waals surface area contributed by atoms with Crippen LogP contribution in [-0.4, -0.2) is 45.0 Å². The summed E-state index contributed by atoms with van der Waals surface area (Å²) in [5, 5.41) is 13.0. The fourth-order valence-electron chi connectivity index (χ4n) is 4.65. The summed E-state index contributed by atoms with van der Waals surface area (Å²) in [4.78, 5) is 63.8. The van der Waals surface area contributed by atoms with Crippen LogP contribution >= 0.6 is 0 Å². The number of nitro groups is 1. The van der Waals surface area contributed by atoms with Gasteiger partial charge in [0, 0.05) is 11.6 Å². The van der Waals surface area contributed by atoms with Gasteiger partial charge in [-0.15, -0.1) is 0 Å². The highest BCUT2D eigenvalue weighted by Gasteiger charge is 2.53. The first-order chi connectivity index (χ1) is 15.8. The number of ketones is 1. The summed E-state index contributed by atoms with van der Waals surface area (Å²) in [6.07, 6.45) is 1.83. The second kappa shape index (κ2) is 8.93. The SMILES string of the molecule is C[C@@H]1CC[C@@H]2C(=O)N(N(CC(=O)c3ccccc3)C(=O)c3ccccc3[N+](=O)[O-])C(=O)[C@@H]2C1. The molecule has 1 saturated carbocycles. The molecule has 9 heteroatoms. The summed E-state index contributed by atoms with van der Waals surface area (Å²) in [5.74, 6) is -3.37. The molecule has 0 aromatic heterocycles. The quantitative estimate of drug-likeness (QED) is 0.289. The molecule has 33 heavy (non-hydrogen) atoms. The van der Waals surface area contributed by atoms with Crippen molar-refractivity contribution < 1.29 is 24.1 Å². The average Bonchev–Trinajstić information content (AvgIpc) is 3.06. The van der Waals surface area contributed by atoms with Crippen LogP contribution in [0.2, 0.25) is 0 Å². The van der Waals surface area contributed by atoms with E-state index >= 15 is 0 Å². The zero-order chi connectivity index (χ0) is 23.7. The van der Waals surface area contributed by atoms with Gasteiger partial charge in [0.15, 0.2) is 5.78 Å². The highest BCUT2D eigenvalue weighted by molar-refractivity contribution is 6.10. The molecule has 3 amide bonds. The molecule has 0 N–H and O–H groups in total. The molecule has 4 rings (SSSR count). The minimum Gasteiger partial charge on any atom is -0.292 e. The fraction of sp³-hybridized carbons (Fsp3) is 0.333. The number of nitro benzene ring substituents is 1. The van der Waals surface area contributed by atoms with E-state index in [1.807, 2.05) is 6.92 Å². The van der Waals surface area contributed by atoms with Crippen molar-refractivity contribution in [3.05, 3.63) is 75.8 Å². The molecule has 0 radical (unpaired) electrons. The highest BCUT2D eigenvalue weighted by Crippen LogP contribution is 2.41. The van der Waals surface area contributed by atoms with Gasteiger partial charge in [-0.3, -0.25) is 29.3 Å². The number of carbonyl (C=O) groups is 4. The zero-order valence-electron chi connectivity index (χ0n) is 18.0. The van der Waals surface area contributed by atoms with Crippen LogP contribution in [0, 0.1) is 27.9 Å². The number of fused-ring (bicyclic) bond motifs is 1. The Morgan fingerprint density at radius 1 is 1.00 bits per heavy atom. The van der Waals surface area contributed by atoms with Gasteiger partial charge >= 0.3 is 0 Å². The third kappa shape index (κ3) is 4.13. The summed E-state index contributed by atoms with van der Waals surface area (Å²) in [7, 11) is 0. The predicted octanol–water partition coefficient (Wildman–Crippen LogP) is 3.26. The van der Waals surface area contributed by atoms with E-state index in [-0.39, 0.29) is 11.5 Å². The number of nitrogens with zero attached hydrogens (tertiary/aromatic N) is 3. The maximum Gasteiger partial charge on any atom is 0.282 e. The lowest BCUT2D eigenvalue weighted by Crippen LogP contribution is -2.52. The van der Waals surface area contributed by atoms with Gasteiger partial charge in [-0.05, 0) is 31.2 Å². The van der Waals surface area contributed by atoms with Gasteiger partial charge in [0.25, 0.3) is 23.4 Å². The first kappa shape index (κ1) is 22.3. The van der Waals surface area contributed by atoms with Crippen LogP contribution in [0.15, 0.2) is 54.6 Å². The Labute approximate surface area is 190 Å². The van der Waals surface area contributed by atoms with E-state index in [2.05, 4.69) is 0 Å². The summed E-state index contributed by atoms with van der Waals surface area (Å²) < 4.78 is 0. The van der Waals surface area contributed by atoms with Gasteiger partial charge in [0.05, 0.1) is 16.8 Å². The highest BCUT2D eigenvalue weighted by atomic mass is 16.6. The van der Waals surface area contributed by atoms with Crippen molar-refractivity contribution in [2.45, 2.75) is 26.2 Å². The molecular formula is C24H23N3O6. The molecule has 1 aliphatic carbocycles. The third-order valence-electron chi connectivity index (χ3n) is 6.36. The number of benzene rings is 2. The molecule has 2 aromatic carbocycles. The number of rotatable bonds is 6. The molecule has 3 atom stereocenters. The average molecular weight is 449 g/mol. The van der Waals surface area contributed by atoms with Crippen LogP contribution in [0.3, 0.4) is 0 Å². The van der Waals surface area contributed by atoms with Crippen molar-refractivity contribution in [3.63, 3.8) is 0 Å². The smallest absolute Gasteiger partial charge is 0.282 e. The molecule has 1 heterocycles. The lowest BCUT2D eigenvalue weighted by Gasteiger charge is -2.30. The van der Waals surface area contributed by atoms with Crippen LogP contribution in [0.5, 0.6) is 0 Å². The van der Waals surface area contributed by atoms with E-state index in [9.17, 15) is 29.3 Å². The van der Waals surface area contributed by atoms with Crippen molar-refractivity contribution in [1.82, 2.24) is 10.0 Å². The number of para-hydroxylation sites is 1. The Balaban J connectivity index is 1.74. The molecule has 9 nitrogen and oxygen atoms in total. The van der Waals surface area contributed by atoms with E-state index in [1.165, 1.54) is 24.3 Å². The Morgan fingerprint density at radius 3 is 2.33 bits per heavy atom. The normalized spacial score (nSPS) is 22.1. The van der Waals surface area contributed by atoms with Gasteiger partial charge in [-0.1, -0.05) is 49.4 Å². The molecule has 170 valence electrons. The Bertz CT molecular complexity index is 1130. The second-order valence-electron chi connectivity index (χ2n) is 8.55. The number of imide groups is 1. The lowest BCUT2D eigenvalue weighted by molar-refractivity contribution is -0.385. The standard InChI is InChI=1S/C24H23N3O6/c1-15-11-12-17-19(13-15)24(31)26(23(17)30)25(14-21(28)16-7-3-2-4-8-16)22(29)18-9-5-6-10-20(18)27(32)33/h2-10,15,17,19H,11-14H2,1H3/t15-,17+,19-/m1/s1. The van der Waals surface area contributed by atoms with Crippen molar-refractivity contribution in [3.8, 4) is 0 Å². The van der Waals surface area contributed by atoms with Gasteiger partial charge in [-0.2, -0.15) is 5.01 Å². The molecule has 1 saturated heterocycles. The maximum absolute atomic E-state index is 13.5. The van der Waals surface area contributed by atoms with Crippen LogP contribution in [0.1, 0.15) is 46.9 Å². The van der Waals surface area contributed by atoms with Crippen molar-refractivity contribution in [1.29, 1.82) is 0 Å². The summed E-state index contributed by atoms with van der Waals surface area (Å²) >= 11 is 0. The minimum atomic E-state index is -0.944. The van der Waals surface area contributed by atoms with E-state index in [0.717, 1.165) is 16.4 Å². The number of hydrazine groups is 1. The van der Waals surface area contributed by atoms with Crippen LogP contribution in [0.4, 0.5) is 5.69 Å². The first-order valence-electron chi connectivity index (χ1n) is 10.8. The number of Topliss-reactive ketones (excluding diaryl/α,β-unsaturated/α-hetero) is 1. The molecule has 2 aliphatic rings. The molecule has 0 unspecified atom stereocenters. The number of hydrogen-bond acceptors (Lipinski definition) is 6. The summed E-state index contributed by atoms with van der Waals surface area (Å²) in [6, 6.07) is 13.4. The van der Waals surface area contributed by atoms with Crippen LogP contribution in [-0.2, 0) is 9.59 Å². The first-order valence-corrected chi connectivity index (χ1v) is 10.8. The monoisotopic (exact) mass is 449 g/mol. The van der Waals surface area contributed by atoms with Crippen LogP contribution in [0.25, 0.3) is 0 Å². The topological polar surface area (TPSA) is 118 Å². The maximum atomic E-state index is 13.5. The van der Waals surface area contributed by atoms with Crippen molar-refractivity contribution >= 4 is 29.2 Å². The van der Waals surface area contributed by atoms with Gasteiger partial charge in [-0.25, -0.2) is 5.01 Å². The molecule has 2 fully saturated rings. The minimum absolute atomic E-state index is 0.258. The van der Waals surface area contributed by atoms with Gasteiger partial charge in [0.2, 0.25) is 0 Å². The van der Waals surface area contributed by atoms with E-state index in [1.54, 1.807) is 30.3 Å². The number of amides is 3. The molecule has 0 spiro atoms. The van der Waals surface area contributed by atoms with Crippen LogP contribution < -0.4 is 0 Å². The summed E-state index contributed by atoms with van der Waals surface area (Å²) in [6.45, 7) is 1.41. The molecule has 2 aromatic rings. The van der Waals surface area contributed by atoms with E-state index in [0.29, 0.717) is 18.4 Å². The molecule has 1 aliphatic heterocycles. The number of carbonyl (C=O) groups excluding carboxylic acids is 4. The summed E-state index contributed by atoms with van der Waals surface area (Å²) in [5.41, 5.74) is -0.472. The molecular weight excluding hydrogens is 426 g/mol. The second-order valence-corrected chi connectivity index (χ2v) is 8.55. The van der Waals surface area contributed by atoms with E-state index in [4.69, 9.17) is 0 Å². The largest absolute Gasteiger partial charge is 0.292 e. The Morgan fingerprint density at radius 2 is 1.64 bits per heavy atom. The van der Waals surface area contributed by atoms with E-state index < -0.39 is 52.5 Å². The lowest BCUT2D eigenvalue weighted by atomic mass is 9.76. The third-order valence-corrected chi connectivity index (χ3v) is 6.36. The fourth-order valence-corrected chi connectivity index (χ4v) is 4.65. The van der Waals surface area contributed by atoms with Gasteiger partial charge < -0.3 is 0 Å². The van der Waals surface area contributed by atoms with Crippen molar-refractivity contribution in [2.75, 3.05) is 6.54 Å². The Kier molecular flexibility index (Phi) is 6.04. The van der Waals surface area contributed by atoms with Gasteiger partial charge in [0.1, 0.15) is 12.1 Å². The molecule has 0 bridgehead atoms.